The molecule has 1 N–H and O–H groups in total. The molecule has 1 unspecified atom stereocenters. The van der Waals surface area contributed by atoms with Gasteiger partial charge in [0.25, 0.3) is 0 Å². The molecule has 0 bridgehead atoms. The molecule has 0 fully saturated rings. The lowest BCUT2D eigenvalue weighted by atomic mass is 10.1. The minimum atomic E-state index is 0.0224. The second-order valence-electron chi connectivity index (χ2n) is 3.82. The quantitative estimate of drug-likeness (QED) is 0.830. The van der Waals surface area contributed by atoms with Gasteiger partial charge in [-0.05, 0) is 31.0 Å². The van der Waals surface area contributed by atoms with Gasteiger partial charge in [-0.2, -0.15) is 0 Å². The molecule has 0 aromatic heterocycles. The monoisotopic (exact) mass is 221 g/mol. The van der Waals surface area contributed by atoms with Gasteiger partial charge in [-0.3, -0.25) is 4.79 Å². The number of nitrogens with one attached hydrogen (secondary N) is 1. The van der Waals surface area contributed by atoms with Crippen LogP contribution >= 0.6 is 0 Å². The summed E-state index contributed by atoms with van der Waals surface area (Å²) in [5.41, 5.74) is 1.06. The zero-order valence-electron chi connectivity index (χ0n) is 10.1. The lowest BCUT2D eigenvalue weighted by Crippen LogP contribution is -2.26. The Morgan fingerprint density at radius 2 is 2.25 bits per heavy atom. The Labute approximate surface area is 96.8 Å². The average Bonchev–Trinajstić information content (AvgIpc) is 2.29. The third-order valence-electron chi connectivity index (χ3n) is 2.45. The lowest BCUT2D eigenvalue weighted by molar-refractivity contribution is -0.121. The van der Waals surface area contributed by atoms with E-state index in [1.54, 1.807) is 7.11 Å². The van der Waals surface area contributed by atoms with Crippen molar-refractivity contribution in [1.29, 1.82) is 0 Å². The molecule has 0 aliphatic carbocycles. The van der Waals surface area contributed by atoms with Gasteiger partial charge >= 0.3 is 0 Å². The molecule has 0 aliphatic rings. The SMILES string of the molecule is CCCC(=O)NC(C)c1cccc(OC)c1. The first-order valence-electron chi connectivity index (χ1n) is 5.60. The Hall–Kier alpha value is -1.51. The second-order valence-corrected chi connectivity index (χ2v) is 3.82. The van der Waals surface area contributed by atoms with Crippen LogP contribution in [-0.4, -0.2) is 13.0 Å². The van der Waals surface area contributed by atoms with E-state index in [9.17, 15) is 4.79 Å². The van der Waals surface area contributed by atoms with E-state index in [4.69, 9.17) is 4.74 Å². The number of hydrogen-bond donors (Lipinski definition) is 1. The van der Waals surface area contributed by atoms with Crippen LogP contribution in [0.25, 0.3) is 0 Å². The van der Waals surface area contributed by atoms with Crippen molar-refractivity contribution >= 4 is 5.91 Å². The molecule has 3 heteroatoms. The minimum Gasteiger partial charge on any atom is -0.497 e. The van der Waals surface area contributed by atoms with Crippen LogP contribution in [0.1, 0.15) is 38.3 Å². The molecule has 0 spiro atoms. The molecule has 0 radical (unpaired) electrons. The van der Waals surface area contributed by atoms with Crippen LogP contribution in [-0.2, 0) is 4.79 Å². The van der Waals surface area contributed by atoms with Crippen molar-refractivity contribution in [3.05, 3.63) is 29.8 Å². The molecule has 0 heterocycles. The van der Waals surface area contributed by atoms with Crippen molar-refractivity contribution in [1.82, 2.24) is 5.32 Å². The van der Waals surface area contributed by atoms with Crippen LogP contribution in [0.5, 0.6) is 5.75 Å². The van der Waals surface area contributed by atoms with E-state index in [0.29, 0.717) is 6.42 Å². The topological polar surface area (TPSA) is 38.3 Å². The van der Waals surface area contributed by atoms with Crippen LogP contribution in [0.2, 0.25) is 0 Å². The van der Waals surface area contributed by atoms with E-state index in [0.717, 1.165) is 17.7 Å². The Bertz CT molecular complexity index is 350. The summed E-state index contributed by atoms with van der Waals surface area (Å²) in [5.74, 6) is 0.909. The van der Waals surface area contributed by atoms with Crippen LogP contribution in [0.4, 0.5) is 0 Å². The number of carbonyl (C=O) groups is 1. The smallest absolute Gasteiger partial charge is 0.220 e. The number of ether oxygens (including phenoxy) is 1. The van der Waals surface area contributed by atoms with E-state index >= 15 is 0 Å². The van der Waals surface area contributed by atoms with Gasteiger partial charge in [0.1, 0.15) is 5.75 Å². The predicted octanol–water partition coefficient (Wildman–Crippen LogP) is 2.67. The van der Waals surface area contributed by atoms with Crippen LogP contribution < -0.4 is 10.1 Å². The van der Waals surface area contributed by atoms with E-state index in [-0.39, 0.29) is 11.9 Å². The molecule has 1 amide bonds. The molecular weight excluding hydrogens is 202 g/mol. The summed E-state index contributed by atoms with van der Waals surface area (Å²) < 4.78 is 5.14. The lowest BCUT2D eigenvalue weighted by Gasteiger charge is -2.14. The summed E-state index contributed by atoms with van der Waals surface area (Å²) >= 11 is 0. The number of benzene rings is 1. The molecule has 0 saturated heterocycles. The Kier molecular flexibility index (Phi) is 4.83. The summed E-state index contributed by atoms with van der Waals surface area (Å²) in [6.45, 7) is 3.97. The molecule has 1 aromatic rings. The highest BCUT2D eigenvalue weighted by Crippen LogP contribution is 2.18. The summed E-state index contributed by atoms with van der Waals surface area (Å²) in [6, 6.07) is 7.77. The van der Waals surface area contributed by atoms with E-state index in [2.05, 4.69) is 5.32 Å². The zero-order chi connectivity index (χ0) is 12.0. The van der Waals surface area contributed by atoms with Gasteiger partial charge in [-0.25, -0.2) is 0 Å². The first-order valence-corrected chi connectivity index (χ1v) is 5.60. The molecule has 88 valence electrons. The average molecular weight is 221 g/mol. The van der Waals surface area contributed by atoms with E-state index in [1.165, 1.54) is 0 Å². The normalized spacial score (nSPS) is 11.9. The van der Waals surface area contributed by atoms with Crippen molar-refractivity contribution in [3.63, 3.8) is 0 Å². The summed E-state index contributed by atoms with van der Waals surface area (Å²) in [4.78, 5) is 11.4. The van der Waals surface area contributed by atoms with Crippen LogP contribution in [0.3, 0.4) is 0 Å². The maximum atomic E-state index is 11.4. The summed E-state index contributed by atoms with van der Waals surface area (Å²) in [7, 11) is 1.64. The maximum Gasteiger partial charge on any atom is 0.220 e. The molecule has 1 aromatic carbocycles. The fourth-order valence-corrected chi connectivity index (χ4v) is 1.53. The highest BCUT2D eigenvalue weighted by molar-refractivity contribution is 5.76. The van der Waals surface area contributed by atoms with Crippen molar-refractivity contribution < 1.29 is 9.53 Å². The second kappa shape index (κ2) is 6.16. The number of carbonyl (C=O) groups excluding carboxylic acids is 1. The Morgan fingerprint density at radius 1 is 1.50 bits per heavy atom. The van der Waals surface area contributed by atoms with Crippen molar-refractivity contribution in [2.24, 2.45) is 0 Å². The van der Waals surface area contributed by atoms with Gasteiger partial charge in [0.15, 0.2) is 0 Å². The van der Waals surface area contributed by atoms with Crippen LogP contribution in [0.15, 0.2) is 24.3 Å². The first kappa shape index (κ1) is 12.6. The maximum absolute atomic E-state index is 11.4. The van der Waals surface area contributed by atoms with Crippen molar-refractivity contribution in [2.45, 2.75) is 32.7 Å². The van der Waals surface area contributed by atoms with Gasteiger partial charge in [0, 0.05) is 6.42 Å². The first-order chi connectivity index (χ1) is 7.67. The molecule has 0 saturated carbocycles. The summed E-state index contributed by atoms with van der Waals surface area (Å²) in [6.07, 6.45) is 1.45. The third-order valence-corrected chi connectivity index (χ3v) is 2.45. The zero-order valence-corrected chi connectivity index (χ0v) is 10.1. The molecular formula is C13H19NO2. The fraction of sp³-hybridized carbons (Fsp3) is 0.462. The van der Waals surface area contributed by atoms with E-state index in [1.807, 2.05) is 38.1 Å². The molecule has 0 aliphatic heterocycles. The third kappa shape index (κ3) is 3.57. The highest BCUT2D eigenvalue weighted by atomic mass is 16.5. The molecule has 1 rings (SSSR count). The van der Waals surface area contributed by atoms with Crippen molar-refractivity contribution in [2.75, 3.05) is 7.11 Å². The Morgan fingerprint density at radius 3 is 2.88 bits per heavy atom. The van der Waals surface area contributed by atoms with Gasteiger partial charge in [-0.1, -0.05) is 19.1 Å². The number of amides is 1. The summed E-state index contributed by atoms with van der Waals surface area (Å²) in [5, 5.41) is 2.95. The Balaban J connectivity index is 2.64. The van der Waals surface area contributed by atoms with Gasteiger partial charge in [0.2, 0.25) is 5.91 Å². The molecule has 16 heavy (non-hydrogen) atoms. The standard InChI is InChI=1S/C13H19NO2/c1-4-6-13(15)14-10(2)11-7-5-8-12(9-11)16-3/h5,7-10H,4,6H2,1-3H3,(H,14,15). The largest absolute Gasteiger partial charge is 0.497 e. The van der Waals surface area contributed by atoms with E-state index < -0.39 is 0 Å². The fourth-order valence-electron chi connectivity index (χ4n) is 1.53. The van der Waals surface area contributed by atoms with Gasteiger partial charge < -0.3 is 10.1 Å². The van der Waals surface area contributed by atoms with Crippen LogP contribution in [0, 0.1) is 0 Å². The number of rotatable bonds is 5. The molecule has 1 atom stereocenters. The predicted molar refractivity (Wildman–Crippen MR) is 64.5 cm³/mol. The van der Waals surface area contributed by atoms with Gasteiger partial charge in [0.05, 0.1) is 13.2 Å². The van der Waals surface area contributed by atoms with Gasteiger partial charge in [-0.15, -0.1) is 0 Å². The number of methoxy groups -OCH3 is 1. The highest BCUT2D eigenvalue weighted by Gasteiger charge is 2.09. The number of hydrogen-bond acceptors (Lipinski definition) is 2. The minimum absolute atomic E-state index is 0.0224. The molecule has 3 nitrogen and oxygen atoms in total. The van der Waals surface area contributed by atoms with Crippen molar-refractivity contribution in [3.8, 4) is 5.75 Å².